The number of aryl methyl sites for hydroxylation is 3. The van der Waals surface area contributed by atoms with E-state index in [9.17, 15) is 18.0 Å². The van der Waals surface area contributed by atoms with Crippen molar-refractivity contribution in [1.29, 1.82) is 0 Å². The molecule has 3 fully saturated rings. The zero-order chi connectivity index (χ0) is 78.0. The van der Waals surface area contributed by atoms with E-state index in [1.54, 1.807) is 142 Å². The van der Waals surface area contributed by atoms with Crippen LogP contribution >= 0.6 is 39.1 Å². The summed E-state index contributed by atoms with van der Waals surface area (Å²) < 4.78 is 106. The largest absolute Gasteiger partial charge is 0.508 e. The fourth-order valence-electron chi connectivity index (χ4n) is 9.11. The normalized spacial score (nSPS) is 15.7. The van der Waals surface area contributed by atoms with Gasteiger partial charge in [-0.2, -0.15) is 0 Å². The molecule has 3 saturated heterocycles. The van der Waals surface area contributed by atoms with Crippen LogP contribution < -0.4 is 29.1 Å². The maximum atomic E-state index is 14.1. The summed E-state index contributed by atoms with van der Waals surface area (Å²) in [5, 5.41) is 18.0. The lowest BCUT2D eigenvalue weighted by Crippen LogP contribution is -2.41. The first kappa shape index (κ1) is 87.5. The van der Waals surface area contributed by atoms with Crippen LogP contribution in [0.1, 0.15) is 125 Å². The topological polar surface area (TPSA) is 240 Å². The van der Waals surface area contributed by atoms with E-state index < -0.39 is 49.9 Å². The van der Waals surface area contributed by atoms with E-state index in [0.717, 1.165) is 22.2 Å². The summed E-state index contributed by atoms with van der Waals surface area (Å²) in [6.45, 7) is 30.6. The van der Waals surface area contributed by atoms with Crippen LogP contribution in [-0.2, 0) is 52.5 Å². The fourth-order valence-corrected chi connectivity index (χ4v) is 9.81. The smallest absolute Gasteiger partial charge is 0.494 e. The highest BCUT2D eigenvalue weighted by Crippen LogP contribution is 2.43. The lowest BCUT2D eigenvalue weighted by atomic mass is 9.49. The van der Waals surface area contributed by atoms with Gasteiger partial charge in [0.15, 0.2) is 0 Å². The summed E-state index contributed by atoms with van der Waals surface area (Å²) in [7, 11) is 2.03. The quantitative estimate of drug-likeness (QED) is 0.0805. The standard InChI is InChI=1S/C24H26BFN2O4.C18H14ClFN2O2.C12H24B2O4.C12H10BrFN2O.C6H5ClO.C4H9NO2.CH4/c1-16-27-13-17(14-28-16)15-29-21-10-19(26)11-22(12-21)30-20-8-6-18(7-9-20)25-31-23(2,3)24(4,5)32-25;1-12-21-9-13(10-22-12)11-23-17-6-15(20)7-18(8-17)24-16-4-2-14(19)3-5-16;1-9(2)10(3,4)16-13(15-9)14-17-11(5,6)12(7,8)18-14;1-8-15-5-9(6-16-8)7-17-12-3-10(13)2-11(14)4-12;7-5-1-3-6(8)4-2-5;1-5(2)3-4(6)7;/h6-14H,15H2,1-5H3;2-10H,11H2,1H3;1-8H3;2-6H,7H2,1H3;1-4,8H;3H2,1-2H3,(H,6,7);1H4. The van der Waals surface area contributed by atoms with Crippen molar-refractivity contribution < 1.29 is 79.8 Å². The van der Waals surface area contributed by atoms with Gasteiger partial charge in [0.2, 0.25) is 0 Å². The molecule has 9 aromatic rings. The highest BCUT2D eigenvalue weighted by atomic mass is 79.9. The molecule has 0 unspecified atom stereocenters. The Bertz CT molecular complexity index is 4180. The lowest BCUT2D eigenvalue weighted by Gasteiger charge is -2.32. The average Bonchev–Trinajstić information content (AvgIpc) is 1.60. The first-order valence-electron chi connectivity index (χ1n) is 33.5. The number of benzene rings is 6. The van der Waals surface area contributed by atoms with Crippen molar-refractivity contribution in [1.82, 2.24) is 34.8 Å². The molecule has 0 radical (unpaired) electrons. The summed E-state index contributed by atoms with van der Waals surface area (Å²) in [4.78, 5) is 35.9. The van der Waals surface area contributed by atoms with E-state index in [1.165, 1.54) is 36.4 Å². The molecule has 0 bridgehead atoms. The van der Waals surface area contributed by atoms with Crippen LogP contribution in [0.3, 0.4) is 0 Å². The number of carboxylic acids is 1. The van der Waals surface area contributed by atoms with Crippen molar-refractivity contribution in [3.8, 4) is 46.0 Å². The fraction of sp³-hybridized carbons (Fsp3) is 0.364. The van der Waals surface area contributed by atoms with E-state index in [2.05, 4.69) is 45.8 Å². The van der Waals surface area contributed by atoms with Gasteiger partial charge in [-0.15, -0.1) is 0 Å². The summed E-state index contributed by atoms with van der Waals surface area (Å²) in [6.07, 6.45) is 10.1. The minimum atomic E-state index is -0.787. The average molecular weight is 1580 g/mol. The summed E-state index contributed by atoms with van der Waals surface area (Å²) in [6, 6.07) is 33.4. The SMILES string of the molecule is C.CC1(C)OB(B2OC(C)(C)C(C)(C)O2)OC1(C)C.CN(C)CC(=O)O.Cc1ncc(COc2cc(F)cc(Br)c2)cn1.Cc1ncc(COc2cc(F)cc(Oc3ccc(B4OC(C)(C)C(C)(C)O4)cc3)c2)cn1.Cc1ncc(COc2cc(F)cc(Oc3ccc(Cl)cc3)c2)cn1.Oc1ccc(Cl)cc1. The Morgan fingerprint density at radius 1 is 0.449 bits per heavy atom. The van der Waals surface area contributed by atoms with Crippen LogP contribution in [-0.4, -0.2) is 126 Å². The van der Waals surface area contributed by atoms with Crippen molar-refractivity contribution in [2.24, 2.45) is 0 Å². The molecule has 570 valence electrons. The molecule has 2 N–H and O–H groups in total. The van der Waals surface area contributed by atoms with Gasteiger partial charge in [-0.25, -0.2) is 43.1 Å². The third-order valence-electron chi connectivity index (χ3n) is 17.0. The second-order valence-corrected chi connectivity index (χ2v) is 29.6. The first-order valence-corrected chi connectivity index (χ1v) is 35.0. The Hall–Kier alpha value is -8.41. The maximum absolute atomic E-state index is 14.1. The predicted octanol–water partition coefficient (Wildman–Crippen LogP) is 17.4. The molecule has 0 amide bonds. The number of likely N-dealkylation sites (N-methyl/N-ethyl adjacent to an activating group) is 1. The minimum Gasteiger partial charge on any atom is -0.508 e. The van der Waals surface area contributed by atoms with Crippen molar-refractivity contribution in [2.45, 2.75) is 165 Å². The van der Waals surface area contributed by atoms with E-state index in [-0.39, 0.29) is 61.2 Å². The summed E-state index contributed by atoms with van der Waals surface area (Å²) >= 11 is 14.5. The zero-order valence-corrected chi connectivity index (χ0v) is 65.4. The van der Waals surface area contributed by atoms with Crippen molar-refractivity contribution in [3.63, 3.8) is 0 Å². The van der Waals surface area contributed by atoms with Gasteiger partial charge in [0.05, 0.1) is 40.2 Å². The van der Waals surface area contributed by atoms with E-state index in [4.69, 9.17) is 85.0 Å². The van der Waals surface area contributed by atoms with Gasteiger partial charge < -0.3 is 61.8 Å². The first-order chi connectivity index (χ1) is 49.6. The number of halogens is 6. The Morgan fingerprint density at radius 3 is 1.04 bits per heavy atom. The number of carbonyl (C=O) groups is 1. The lowest BCUT2D eigenvalue weighted by molar-refractivity contribution is -0.137. The summed E-state index contributed by atoms with van der Waals surface area (Å²) in [5.41, 5.74) is 1.07. The molecular formula is C77H92B3BrCl2F3N7O14. The molecule has 30 heteroatoms. The molecule has 12 rings (SSSR count). The van der Waals surface area contributed by atoms with Crippen molar-refractivity contribution in [2.75, 3.05) is 20.6 Å². The van der Waals surface area contributed by atoms with Gasteiger partial charge >= 0.3 is 27.1 Å². The molecular weight excluding hydrogens is 1490 g/mol. The zero-order valence-electron chi connectivity index (χ0n) is 62.3. The van der Waals surface area contributed by atoms with Crippen LogP contribution in [0.5, 0.6) is 46.0 Å². The second kappa shape index (κ2) is 38.6. The van der Waals surface area contributed by atoms with E-state index in [0.29, 0.717) is 78.8 Å². The van der Waals surface area contributed by atoms with Gasteiger partial charge in [0.1, 0.15) is 101 Å². The number of phenolic OH excluding ortho intramolecular Hbond substituents is 1. The molecule has 3 aliphatic heterocycles. The molecule has 3 aromatic heterocycles. The number of aromatic hydroxyl groups is 1. The molecule has 0 atom stereocenters. The van der Waals surface area contributed by atoms with Crippen LogP contribution in [0.2, 0.25) is 10.0 Å². The second-order valence-electron chi connectivity index (χ2n) is 27.8. The monoisotopic (exact) mass is 1580 g/mol. The molecule has 21 nitrogen and oxygen atoms in total. The van der Waals surface area contributed by atoms with Gasteiger partial charge in [-0.05, 0) is 196 Å². The number of ether oxygens (including phenoxy) is 5. The molecule has 0 saturated carbocycles. The Morgan fingerprint density at radius 2 is 0.738 bits per heavy atom. The molecule has 0 aliphatic carbocycles. The van der Waals surface area contributed by atoms with Gasteiger partial charge in [0.25, 0.3) is 0 Å². The number of hydrogen-bond acceptors (Lipinski definition) is 20. The van der Waals surface area contributed by atoms with E-state index in [1.807, 2.05) is 109 Å². The molecule has 6 heterocycles. The molecule has 6 aromatic carbocycles. The number of phenols is 1. The highest BCUT2D eigenvalue weighted by Gasteiger charge is 2.64. The number of hydrogen-bond donors (Lipinski definition) is 2. The van der Waals surface area contributed by atoms with Gasteiger partial charge in [-0.3, -0.25) is 9.69 Å². The van der Waals surface area contributed by atoms with Gasteiger partial charge in [0, 0.05) is 111 Å². The van der Waals surface area contributed by atoms with Crippen LogP contribution in [0.4, 0.5) is 13.2 Å². The van der Waals surface area contributed by atoms with Crippen LogP contribution in [0.25, 0.3) is 0 Å². The predicted molar refractivity (Wildman–Crippen MR) is 412 cm³/mol. The third kappa shape index (κ3) is 27.7. The Labute approximate surface area is 644 Å². The van der Waals surface area contributed by atoms with Crippen molar-refractivity contribution >= 4 is 71.7 Å². The number of nitrogens with zero attached hydrogens (tertiary/aromatic N) is 7. The molecule has 107 heavy (non-hydrogen) atoms. The number of aromatic nitrogens is 6. The highest BCUT2D eigenvalue weighted by molar-refractivity contribution is 9.10. The number of rotatable bonds is 17. The maximum Gasteiger partial charge on any atom is 0.494 e. The van der Waals surface area contributed by atoms with E-state index >= 15 is 0 Å². The van der Waals surface area contributed by atoms with Gasteiger partial charge in [-0.1, -0.05) is 58.7 Å². The number of carboxylic acid groups (broad SMARTS) is 1. The number of aliphatic carboxylic acids is 1. The molecule has 3 aliphatic rings. The van der Waals surface area contributed by atoms with Crippen LogP contribution in [0, 0.1) is 38.2 Å². The van der Waals surface area contributed by atoms with Crippen LogP contribution in [0.15, 0.2) is 169 Å². The Kier molecular flexibility index (Phi) is 31.6. The third-order valence-corrected chi connectivity index (χ3v) is 17.9. The van der Waals surface area contributed by atoms with Crippen molar-refractivity contribution in [3.05, 3.63) is 231 Å². The minimum absolute atomic E-state index is 0. The molecule has 0 spiro atoms. The summed E-state index contributed by atoms with van der Waals surface area (Å²) in [5.74, 6) is 3.28. The Balaban J connectivity index is 0.000000213.